The van der Waals surface area contributed by atoms with Crippen molar-refractivity contribution < 1.29 is 14.3 Å². The molecule has 156 valence electrons. The van der Waals surface area contributed by atoms with Crippen LogP contribution in [0.3, 0.4) is 0 Å². The number of anilines is 1. The molecular formula is C21H39N3O3. The first-order valence-electron chi connectivity index (χ1n) is 11.0. The van der Waals surface area contributed by atoms with Gasteiger partial charge in [-0.2, -0.15) is 0 Å². The molecule has 1 heterocycles. The maximum Gasteiger partial charge on any atom is 0.323 e. The van der Waals surface area contributed by atoms with Crippen molar-refractivity contribution in [2.45, 2.75) is 110 Å². The van der Waals surface area contributed by atoms with E-state index in [1.165, 1.54) is 89.9 Å². The van der Waals surface area contributed by atoms with Gasteiger partial charge in [-0.05, 0) is 6.42 Å². The Balaban J connectivity index is 1.82. The minimum Gasteiger partial charge on any atom is -0.480 e. The molecule has 1 aromatic rings. The van der Waals surface area contributed by atoms with Crippen molar-refractivity contribution in [3.05, 3.63) is 5.89 Å². The van der Waals surface area contributed by atoms with Gasteiger partial charge in [0.2, 0.25) is 5.89 Å². The molecule has 2 N–H and O–H groups in total. The van der Waals surface area contributed by atoms with Gasteiger partial charge in [0.15, 0.2) is 0 Å². The summed E-state index contributed by atoms with van der Waals surface area (Å²) < 4.78 is 5.36. The molecule has 0 spiro atoms. The molecule has 1 rings (SSSR count). The Morgan fingerprint density at radius 2 is 1.30 bits per heavy atom. The van der Waals surface area contributed by atoms with E-state index in [0.717, 1.165) is 12.8 Å². The Morgan fingerprint density at radius 1 is 0.815 bits per heavy atom. The fourth-order valence-corrected chi connectivity index (χ4v) is 3.22. The number of carboxylic acid groups (broad SMARTS) is 1. The summed E-state index contributed by atoms with van der Waals surface area (Å²) in [4.78, 5) is 10.5. The smallest absolute Gasteiger partial charge is 0.323 e. The molecule has 0 aliphatic rings. The molecule has 0 aromatic carbocycles. The van der Waals surface area contributed by atoms with Crippen LogP contribution in [0.1, 0.15) is 109 Å². The summed E-state index contributed by atoms with van der Waals surface area (Å²) in [6, 6.07) is 0.188. The Bertz CT molecular complexity index is 477. The number of aromatic nitrogens is 2. The van der Waals surface area contributed by atoms with Crippen molar-refractivity contribution >= 4 is 12.0 Å². The molecule has 0 fully saturated rings. The van der Waals surface area contributed by atoms with Gasteiger partial charge in [0.1, 0.15) is 6.54 Å². The molecule has 0 bridgehead atoms. The SMILES string of the molecule is CCCCCCCCCCCCCCCCCc1nnc(NCC(=O)O)o1. The predicted molar refractivity (Wildman–Crippen MR) is 109 cm³/mol. The number of rotatable bonds is 19. The lowest BCUT2D eigenvalue weighted by atomic mass is 10.0. The van der Waals surface area contributed by atoms with E-state index in [2.05, 4.69) is 22.4 Å². The lowest BCUT2D eigenvalue weighted by molar-refractivity contribution is -0.134. The Hall–Kier alpha value is -1.59. The summed E-state index contributed by atoms with van der Waals surface area (Å²) in [5.74, 6) is -0.366. The molecule has 0 unspecified atom stereocenters. The van der Waals surface area contributed by atoms with Crippen LogP contribution >= 0.6 is 0 Å². The number of nitrogens with zero attached hydrogens (tertiary/aromatic N) is 2. The topological polar surface area (TPSA) is 88.2 Å². The second-order valence-electron chi connectivity index (χ2n) is 7.45. The summed E-state index contributed by atoms with van der Waals surface area (Å²) >= 11 is 0. The first kappa shape index (κ1) is 23.4. The van der Waals surface area contributed by atoms with Crippen molar-refractivity contribution in [1.29, 1.82) is 0 Å². The van der Waals surface area contributed by atoms with Gasteiger partial charge in [0.25, 0.3) is 0 Å². The maximum absolute atomic E-state index is 10.5. The third-order valence-electron chi connectivity index (χ3n) is 4.85. The highest BCUT2D eigenvalue weighted by Gasteiger charge is 2.06. The van der Waals surface area contributed by atoms with Crippen LogP contribution in [0.2, 0.25) is 0 Å². The van der Waals surface area contributed by atoms with Crippen LogP contribution in [0, 0.1) is 0 Å². The van der Waals surface area contributed by atoms with E-state index in [1.54, 1.807) is 0 Å². The molecule has 0 saturated heterocycles. The minimum atomic E-state index is -0.947. The van der Waals surface area contributed by atoms with E-state index in [-0.39, 0.29) is 12.6 Å². The molecule has 0 saturated carbocycles. The van der Waals surface area contributed by atoms with Crippen molar-refractivity contribution in [2.24, 2.45) is 0 Å². The zero-order valence-corrected chi connectivity index (χ0v) is 17.2. The van der Waals surface area contributed by atoms with Crippen molar-refractivity contribution in [3.8, 4) is 0 Å². The highest BCUT2D eigenvalue weighted by Crippen LogP contribution is 2.14. The summed E-state index contributed by atoms with van der Waals surface area (Å²) in [6.45, 7) is 2.06. The van der Waals surface area contributed by atoms with Crippen LogP contribution < -0.4 is 5.32 Å². The zero-order chi connectivity index (χ0) is 19.6. The number of carboxylic acids is 1. The van der Waals surface area contributed by atoms with Crippen molar-refractivity contribution in [1.82, 2.24) is 10.2 Å². The Labute approximate surface area is 164 Å². The van der Waals surface area contributed by atoms with Gasteiger partial charge in [-0.25, -0.2) is 0 Å². The molecule has 0 radical (unpaired) electrons. The second-order valence-corrected chi connectivity index (χ2v) is 7.45. The number of aliphatic carboxylic acids is 1. The monoisotopic (exact) mass is 381 g/mol. The van der Waals surface area contributed by atoms with Gasteiger partial charge in [-0.1, -0.05) is 102 Å². The summed E-state index contributed by atoms with van der Waals surface area (Å²) in [5, 5.41) is 18.9. The summed E-state index contributed by atoms with van der Waals surface area (Å²) in [5.41, 5.74) is 0. The van der Waals surface area contributed by atoms with Crippen LogP contribution in [-0.2, 0) is 11.2 Å². The molecule has 6 heteroatoms. The molecule has 0 atom stereocenters. The lowest BCUT2D eigenvalue weighted by Gasteiger charge is -2.03. The highest BCUT2D eigenvalue weighted by molar-refractivity contribution is 5.71. The van der Waals surface area contributed by atoms with Crippen LogP contribution in [-0.4, -0.2) is 27.8 Å². The normalized spacial score (nSPS) is 11.0. The molecule has 6 nitrogen and oxygen atoms in total. The minimum absolute atomic E-state index is 0.188. The zero-order valence-electron chi connectivity index (χ0n) is 17.2. The van der Waals surface area contributed by atoms with Crippen molar-refractivity contribution in [3.63, 3.8) is 0 Å². The fourth-order valence-electron chi connectivity index (χ4n) is 3.22. The molecule has 0 aliphatic heterocycles. The first-order valence-corrected chi connectivity index (χ1v) is 11.0. The molecule has 0 aliphatic carbocycles. The maximum atomic E-state index is 10.5. The Morgan fingerprint density at radius 3 is 1.78 bits per heavy atom. The molecule has 0 amide bonds. The average molecular weight is 382 g/mol. The van der Waals surface area contributed by atoms with E-state index in [4.69, 9.17) is 9.52 Å². The van der Waals surface area contributed by atoms with Gasteiger partial charge in [-0.3, -0.25) is 4.79 Å². The van der Waals surface area contributed by atoms with Gasteiger partial charge in [-0.15, -0.1) is 5.10 Å². The van der Waals surface area contributed by atoms with E-state index in [0.29, 0.717) is 5.89 Å². The van der Waals surface area contributed by atoms with Gasteiger partial charge in [0.05, 0.1) is 0 Å². The van der Waals surface area contributed by atoms with Gasteiger partial charge in [0, 0.05) is 6.42 Å². The van der Waals surface area contributed by atoms with Crippen LogP contribution in [0.5, 0.6) is 0 Å². The third-order valence-corrected chi connectivity index (χ3v) is 4.85. The second kappa shape index (κ2) is 16.6. The summed E-state index contributed by atoms with van der Waals surface area (Å²) in [6.07, 6.45) is 20.9. The van der Waals surface area contributed by atoms with Crippen LogP contribution in [0.4, 0.5) is 6.01 Å². The summed E-state index contributed by atoms with van der Waals surface area (Å²) in [7, 11) is 0. The van der Waals surface area contributed by atoms with Crippen LogP contribution in [0.25, 0.3) is 0 Å². The van der Waals surface area contributed by atoms with E-state index in [1.807, 2.05) is 0 Å². The van der Waals surface area contributed by atoms with E-state index >= 15 is 0 Å². The van der Waals surface area contributed by atoms with Gasteiger partial charge >= 0.3 is 12.0 Å². The van der Waals surface area contributed by atoms with E-state index in [9.17, 15) is 4.79 Å². The number of hydrogen-bond donors (Lipinski definition) is 2. The standard InChI is InChI=1S/C21H39N3O3/c1-2-3-4-5-6-7-8-9-10-11-12-13-14-15-16-17-19-23-24-21(27-19)22-18-20(25)26/h2-18H2,1H3,(H,22,24)(H,25,26). The average Bonchev–Trinajstić information content (AvgIpc) is 3.11. The first-order chi connectivity index (χ1) is 13.2. The van der Waals surface area contributed by atoms with Crippen molar-refractivity contribution in [2.75, 3.05) is 11.9 Å². The molecule has 1 aromatic heterocycles. The number of carbonyl (C=O) groups is 1. The molecule has 27 heavy (non-hydrogen) atoms. The predicted octanol–water partition coefficient (Wildman–Crippen LogP) is 5.98. The Kier molecular flexibility index (Phi) is 14.4. The van der Waals surface area contributed by atoms with Gasteiger partial charge < -0.3 is 14.8 Å². The highest BCUT2D eigenvalue weighted by atomic mass is 16.4. The number of nitrogens with one attached hydrogen (secondary N) is 1. The number of unbranched alkanes of at least 4 members (excludes halogenated alkanes) is 14. The molecular weight excluding hydrogens is 342 g/mol. The van der Waals surface area contributed by atoms with E-state index < -0.39 is 5.97 Å². The number of aryl methyl sites for hydroxylation is 1. The fraction of sp³-hybridized carbons (Fsp3) is 0.857. The lowest BCUT2D eigenvalue weighted by Crippen LogP contribution is -2.12. The third kappa shape index (κ3) is 14.2. The quantitative estimate of drug-likeness (QED) is 0.287. The van der Waals surface area contributed by atoms with Crippen LogP contribution in [0.15, 0.2) is 4.42 Å². The largest absolute Gasteiger partial charge is 0.480 e. The number of hydrogen-bond acceptors (Lipinski definition) is 5.